The zero-order valence-electron chi connectivity index (χ0n) is 12.1. The van der Waals surface area contributed by atoms with Gasteiger partial charge in [0.2, 0.25) is 0 Å². The van der Waals surface area contributed by atoms with E-state index in [-0.39, 0.29) is 11.1 Å². The standard InChI is InChI=1S/C12H20N6O2S/c1-3-13-6-11-7-15-16-12(11)21(19,20)17-10(2)8-18-5-4-14-9-18/h4-5,7,9-10,13,17H,3,6,8H2,1-2H3,(H,15,16). The van der Waals surface area contributed by atoms with Gasteiger partial charge in [-0.2, -0.15) is 5.10 Å². The van der Waals surface area contributed by atoms with Gasteiger partial charge >= 0.3 is 0 Å². The zero-order chi connectivity index (χ0) is 15.3. The van der Waals surface area contributed by atoms with Crippen molar-refractivity contribution in [3.8, 4) is 0 Å². The molecule has 2 rings (SSSR count). The second kappa shape index (κ2) is 6.83. The first-order valence-electron chi connectivity index (χ1n) is 6.74. The van der Waals surface area contributed by atoms with Gasteiger partial charge in [-0.05, 0) is 13.5 Å². The van der Waals surface area contributed by atoms with Crippen LogP contribution in [0.25, 0.3) is 0 Å². The van der Waals surface area contributed by atoms with Crippen LogP contribution in [0, 0.1) is 0 Å². The van der Waals surface area contributed by atoms with E-state index in [2.05, 4.69) is 25.2 Å². The van der Waals surface area contributed by atoms with Crippen molar-refractivity contribution in [2.45, 2.75) is 38.0 Å². The molecule has 0 aromatic carbocycles. The molecular weight excluding hydrogens is 292 g/mol. The van der Waals surface area contributed by atoms with E-state index in [0.717, 1.165) is 6.54 Å². The Morgan fingerprint density at radius 3 is 2.95 bits per heavy atom. The number of aromatic amines is 1. The van der Waals surface area contributed by atoms with Crippen LogP contribution in [-0.2, 0) is 23.1 Å². The average Bonchev–Trinajstić information content (AvgIpc) is 3.06. The third kappa shape index (κ3) is 4.13. The van der Waals surface area contributed by atoms with Crippen LogP contribution in [0.15, 0.2) is 29.9 Å². The highest BCUT2D eigenvalue weighted by Crippen LogP contribution is 2.12. The molecule has 21 heavy (non-hydrogen) atoms. The van der Waals surface area contributed by atoms with Crippen LogP contribution in [0.4, 0.5) is 0 Å². The number of rotatable bonds is 8. The lowest BCUT2D eigenvalue weighted by atomic mass is 10.3. The molecule has 0 aliphatic heterocycles. The van der Waals surface area contributed by atoms with Crippen molar-refractivity contribution in [2.75, 3.05) is 6.54 Å². The Hall–Kier alpha value is -1.71. The molecule has 2 aromatic rings. The first-order chi connectivity index (χ1) is 10.0. The Balaban J connectivity index is 2.05. The number of hydrogen-bond acceptors (Lipinski definition) is 5. The number of nitrogens with zero attached hydrogens (tertiary/aromatic N) is 3. The molecule has 2 aromatic heterocycles. The number of sulfonamides is 1. The van der Waals surface area contributed by atoms with E-state index in [1.807, 2.05) is 11.5 Å². The maximum Gasteiger partial charge on any atom is 0.258 e. The van der Waals surface area contributed by atoms with Crippen molar-refractivity contribution >= 4 is 10.0 Å². The minimum Gasteiger partial charge on any atom is -0.336 e. The summed E-state index contributed by atoms with van der Waals surface area (Å²) in [5.41, 5.74) is 0.624. The summed E-state index contributed by atoms with van der Waals surface area (Å²) in [5.74, 6) is 0. The first-order valence-corrected chi connectivity index (χ1v) is 8.22. The number of nitrogens with one attached hydrogen (secondary N) is 3. The van der Waals surface area contributed by atoms with Gasteiger partial charge in [-0.1, -0.05) is 6.92 Å². The lowest BCUT2D eigenvalue weighted by Crippen LogP contribution is -2.36. The fraction of sp³-hybridized carbons (Fsp3) is 0.500. The fourth-order valence-corrected chi connectivity index (χ4v) is 3.35. The van der Waals surface area contributed by atoms with E-state index in [9.17, 15) is 8.42 Å². The van der Waals surface area contributed by atoms with E-state index in [4.69, 9.17) is 0 Å². The maximum absolute atomic E-state index is 12.4. The summed E-state index contributed by atoms with van der Waals surface area (Å²) in [5, 5.41) is 9.58. The Morgan fingerprint density at radius 1 is 1.48 bits per heavy atom. The third-order valence-corrected chi connectivity index (χ3v) is 4.52. The Morgan fingerprint density at radius 2 is 2.29 bits per heavy atom. The van der Waals surface area contributed by atoms with Crippen molar-refractivity contribution in [3.05, 3.63) is 30.5 Å². The van der Waals surface area contributed by atoms with E-state index >= 15 is 0 Å². The summed E-state index contributed by atoms with van der Waals surface area (Å²) in [7, 11) is -3.62. The summed E-state index contributed by atoms with van der Waals surface area (Å²) in [4.78, 5) is 3.93. The fourth-order valence-electron chi connectivity index (χ4n) is 1.99. The van der Waals surface area contributed by atoms with Crippen LogP contribution in [0.1, 0.15) is 19.4 Å². The van der Waals surface area contributed by atoms with Crippen LogP contribution >= 0.6 is 0 Å². The monoisotopic (exact) mass is 312 g/mol. The molecule has 0 aliphatic carbocycles. The Bertz CT molecular complexity index is 649. The van der Waals surface area contributed by atoms with Crippen LogP contribution < -0.4 is 10.0 Å². The molecule has 0 amide bonds. The molecule has 0 aliphatic rings. The third-order valence-electron chi connectivity index (χ3n) is 2.91. The predicted octanol–water partition coefficient (Wildman–Crippen LogP) is 0.0827. The molecule has 0 saturated heterocycles. The molecule has 0 bridgehead atoms. The van der Waals surface area contributed by atoms with Gasteiger partial charge in [-0.15, -0.1) is 0 Å². The number of aromatic nitrogens is 4. The van der Waals surface area contributed by atoms with Gasteiger partial charge < -0.3 is 9.88 Å². The highest BCUT2D eigenvalue weighted by atomic mass is 32.2. The molecule has 0 saturated carbocycles. The minimum absolute atomic E-state index is 0.112. The first kappa shape index (κ1) is 15.7. The van der Waals surface area contributed by atoms with E-state index in [1.165, 1.54) is 6.20 Å². The molecule has 3 N–H and O–H groups in total. The maximum atomic E-state index is 12.4. The van der Waals surface area contributed by atoms with Gasteiger partial charge in [0.05, 0.1) is 12.5 Å². The molecule has 116 valence electrons. The minimum atomic E-state index is -3.62. The van der Waals surface area contributed by atoms with E-state index in [1.54, 1.807) is 25.6 Å². The second-order valence-electron chi connectivity index (χ2n) is 4.79. The molecule has 8 nitrogen and oxygen atoms in total. The summed E-state index contributed by atoms with van der Waals surface area (Å²) in [6.45, 7) is 5.49. The summed E-state index contributed by atoms with van der Waals surface area (Å²) >= 11 is 0. The van der Waals surface area contributed by atoms with E-state index in [0.29, 0.717) is 18.7 Å². The molecule has 0 radical (unpaired) electrons. The van der Waals surface area contributed by atoms with Gasteiger partial charge in [0.15, 0.2) is 5.03 Å². The smallest absolute Gasteiger partial charge is 0.258 e. The highest BCUT2D eigenvalue weighted by molar-refractivity contribution is 7.89. The molecule has 9 heteroatoms. The summed E-state index contributed by atoms with van der Waals surface area (Å²) in [6, 6.07) is -0.264. The van der Waals surface area contributed by atoms with Crippen molar-refractivity contribution in [2.24, 2.45) is 0 Å². The van der Waals surface area contributed by atoms with E-state index < -0.39 is 10.0 Å². The summed E-state index contributed by atoms with van der Waals surface area (Å²) < 4.78 is 29.2. The van der Waals surface area contributed by atoms with Gasteiger partial charge in [-0.3, -0.25) is 5.10 Å². The lowest BCUT2D eigenvalue weighted by Gasteiger charge is -2.14. The van der Waals surface area contributed by atoms with Crippen molar-refractivity contribution in [1.82, 2.24) is 29.8 Å². The second-order valence-corrected chi connectivity index (χ2v) is 6.44. The number of imidazole rings is 1. The van der Waals surface area contributed by atoms with Crippen LogP contribution in [0.2, 0.25) is 0 Å². The number of H-pyrrole nitrogens is 1. The lowest BCUT2D eigenvalue weighted by molar-refractivity contribution is 0.517. The van der Waals surface area contributed by atoms with Crippen LogP contribution in [0.5, 0.6) is 0 Å². The van der Waals surface area contributed by atoms with Crippen molar-refractivity contribution in [3.63, 3.8) is 0 Å². The molecule has 0 fully saturated rings. The SMILES string of the molecule is CCNCc1cn[nH]c1S(=O)(=O)NC(C)Cn1ccnc1. The molecule has 1 unspecified atom stereocenters. The van der Waals surface area contributed by atoms with Crippen molar-refractivity contribution in [1.29, 1.82) is 0 Å². The quantitative estimate of drug-likeness (QED) is 0.640. The predicted molar refractivity (Wildman–Crippen MR) is 78.0 cm³/mol. The van der Waals surface area contributed by atoms with Gasteiger partial charge in [0, 0.05) is 37.1 Å². The zero-order valence-corrected chi connectivity index (χ0v) is 12.9. The summed E-state index contributed by atoms with van der Waals surface area (Å²) in [6.07, 6.45) is 6.62. The van der Waals surface area contributed by atoms with Crippen LogP contribution in [0.3, 0.4) is 0 Å². The van der Waals surface area contributed by atoms with Gasteiger partial charge in [-0.25, -0.2) is 18.1 Å². The van der Waals surface area contributed by atoms with Gasteiger partial charge in [0.1, 0.15) is 0 Å². The average molecular weight is 312 g/mol. The molecular formula is C12H20N6O2S. The molecule has 2 heterocycles. The normalized spacial score (nSPS) is 13.4. The van der Waals surface area contributed by atoms with Crippen molar-refractivity contribution < 1.29 is 8.42 Å². The Labute approximate surface area is 124 Å². The number of hydrogen-bond donors (Lipinski definition) is 3. The highest BCUT2D eigenvalue weighted by Gasteiger charge is 2.22. The molecule has 0 spiro atoms. The topological polar surface area (TPSA) is 105 Å². The largest absolute Gasteiger partial charge is 0.336 e. The van der Waals surface area contributed by atoms with Crippen LogP contribution in [-0.4, -0.2) is 40.8 Å². The van der Waals surface area contributed by atoms with Gasteiger partial charge in [0.25, 0.3) is 10.0 Å². The Kier molecular flexibility index (Phi) is 5.10. The molecule has 1 atom stereocenters.